The van der Waals surface area contributed by atoms with E-state index in [1.54, 1.807) is 0 Å². The fraction of sp³-hybridized carbons (Fsp3) is 0.682. The van der Waals surface area contributed by atoms with E-state index in [0.29, 0.717) is 39.1 Å². The molecule has 8 nitrogen and oxygen atoms in total. The summed E-state index contributed by atoms with van der Waals surface area (Å²) in [5.41, 5.74) is 2.08. The van der Waals surface area contributed by atoms with Gasteiger partial charge >= 0.3 is 0 Å². The molecule has 52 heavy (non-hydrogen) atoms. The molecule has 4 atom stereocenters. The van der Waals surface area contributed by atoms with Crippen molar-refractivity contribution in [1.82, 2.24) is 9.80 Å². The van der Waals surface area contributed by atoms with Crippen molar-refractivity contribution in [3.05, 3.63) is 59.7 Å². The van der Waals surface area contributed by atoms with Crippen LogP contribution in [0.4, 0.5) is 0 Å². The fourth-order valence-electron chi connectivity index (χ4n) is 7.31. The van der Waals surface area contributed by atoms with E-state index in [9.17, 15) is 9.59 Å². The quantitative estimate of drug-likeness (QED) is 0.0647. The molecule has 0 bridgehead atoms. The van der Waals surface area contributed by atoms with Gasteiger partial charge in [0.25, 0.3) is 0 Å². The summed E-state index contributed by atoms with van der Waals surface area (Å²) < 4.78 is 22.3. The van der Waals surface area contributed by atoms with Crippen LogP contribution >= 0.6 is 0 Å². The molecule has 3 aliphatic heterocycles. The van der Waals surface area contributed by atoms with E-state index in [-0.39, 0.29) is 24.0 Å². The molecule has 0 spiro atoms. The van der Waals surface area contributed by atoms with Gasteiger partial charge in [-0.15, -0.1) is 0 Å². The summed E-state index contributed by atoms with van der Waals surface area (Å²) in [4.78, 5) is 33.2. The Morgan fingerprint density at radius 3 is 1.17 bits per heavy atom. The van der Waals surface area contributed by atoms with E-state index in [1.807, 2.05) is 58.3 Å². The van der Waals surface area contributed by atoms with Crippen molar-refractivity contribution in [2.45, 2.75) is 154 Å². The highest BCUT2D eigenvalue weighted by Crippen LogP contribution is 2.28. The van der Waals surface area contributed by atoms with Gasteiger partial charge in [0.15, 0.2) is 0 Å². The van der Waals surface area contributed by atoms with Gasteiger partial charge < -0.3 is 28.7 Å². The zero-order valence-electron chi connectivity index (χ0n) is 32.2. The number of hydrogen-bond acceptors (Lipinski definition) is 6. The lowest BCUT2D eigenvalue weighted by Crippen LogP contribution is -2.66. The summed E-state index contributed by atoms with van der Waals surface area (Å²) in [6.07, 6.45) is 20.5. The van der Waals surface area contributed by atoms with Gasteiger partial charge in [0.05, 0.1) is 13.2 Å². The third kappa shape index (κ3) is 13.7. The number of nitrogens with zero attached hydrogens (tertiary/aromatic N) is 2. The lowest BCUT2D eigenvalue weighted by molar-refractivity contribution is -0.162. The number of benzene rings is 2. The summed E-state index contributed by atoms with van der Waals surface area (Å²) in [6.45, 7) is 8.37. The summed E-state index contributed by atoms with van der Waals surface area (Å²) >= 11 is 0. The average molecular weight is 719 g/mol. The summed E-state index contributed by atoms with van der Waals surface area (Å²) in [5, 5.41) is 0. The molecule has 3 aliphatic rings. The lowest BCUT2D eigenvalue weighted by Gasteiger charge is -2.45. The zero-order valence-corrected chi connectivity index (χ0v) is 32.2. The van der Waals surface area contributed by atoms with Gasteiger partial charge in [0.2, 0.25) is 11.8 Å². The molecule has 2 aromatic carbocycles. The van der Waals surface area contributed by atoms with Gasteiger partial charge in [0, 0.05) is 25.9 Å². The average Bonchev–Trinajstić information content (AvgIpc) is 4.10. The maximum absolute atomic E-state index is 14.7. The molecular formula is C44H66N2O6. The Morgan fingerprint density at radius 2 is 0.846 bits per heavy atom. The molecule has 0 saturated carbocycles. The molecule has 2 amide bonds. The third-order valence-electron chi connectivity index (χ3n) is 10.8. The summed E-state index contributed by atoms with van der Waals surface area (Å²) in [7, 11) is 0. The number of carbonyl (C=O) groups is 2. The van der Waals surface area contributed by atoms with Gasteiger partial charge in [-0.3, -0.25) is 9.59 Å². The first kappa shape index (κ1) is 40.1. The van der Waals surface area contributed by atoms with Crippen LogP contribution in [0.5, 0.6) is 11.5 Å². The largest absolute Gasteiger partial charge is 0.491 e. The Morgan fingerprint density at radius 1 is 0.519 bits per heavy atom. The predicted molar refractivity (Wildman–Crippen MR) is 207 cm³/mol. The number of epoxide rings is 2. The van der Waals surface area contributed by atoms with Crippen molar-refractivity contribution in [3.8, 4) is 11.5 Å². The zero-order chi connectivity index (χ0) is 36.4. The van der Waals surface area contributed by atoms with Crippen molar-refractivity contribution in [2.75, 3.05) is 39.5 Å². The van der Waals surface area contributed by atoms with Crippen LogP contribution in [0.15, 0.2) is 48.5 Å². The summed E-state index contributed by atoms with van der Waals surface area (Å²) in [5.74, 6) is 1.77. The van der Waals surface area contributed by atoms with Gasteiger partial charge in [-0.2, -0.15) is 0 Å². The SMILES string of the molecule is CCCCCCCCCCN1C(=O)[C@H](Cc2ccc(OCC3CO3)cc2)N(CCCCCCCCCC)C(=O)[C@H]1Cc1ccc(OCC2CO2)cc1. The van der Waals surface area contributed by atoms with Crippen LogP contribution in [-0.2, 0) is 31.9 Å². The van der Waals surface area contributed by atoms with Crippen LogP contribution < -0.4 is 9.47 Å². The number of carbonyl (C=O) groups excluding carboxylic acids is 2. The molecular weight excluding hydrogens is 652 g/mol. The second kappa shape index (κ2) is 22.2. The first-order valence-corrected chi connectivity index (χ1v) is 20.8. The van der Waals surface area contributed by atoms with Crippen molar-refractivity contribution < 1.29 is 28.5 Å². The normalized spacial score (nSPS) is 21.1. The van der Waals surface area contributed by atoms with Gasteiger partial charge in [-0.25, -0.2) is 0 Å². The summed E-state index contributed by atoms with van der Waals surface area (Å²) in [6, 6.07) is 15.1. The highest BCUT2D eigenvalue weighted by molar-refractivity contribution is 5.97. The Hall–Kier alpha value is -3.10. The molecule has 0 aromatic heterocycles. The molecule has 2 aromatic rings. The van der Waals surface area contributed by atoms with Crippen LogP contribution in [0, 0.1) is 0 Å². The molecule has 288 valence electrons. The fourth-order valence-corrected chi connectivity index (χ4v) is 7.31. The highest BCUT2D eigenvalue weighted by Gasteiger charge is 2.45. The molecule has 0 aliphatic carbocycles. The predicted octanol–water partition coefficient (Wildman–Crippen LogP) is 8.72. The van der Waals surface area contributed by atoms with E-state index in [4.69, 9.17) is 18.9 Å². The van der Waals surface area contributed by atoms with Crippen LogP contribution in [0.25, 0.3) is 0 Å². The van der Waals surface area contributed by atoms with Gasteiger partial charge in [0.1, 0.15) is 49.0 Å². The number of hydrogen-bond donors (Lipinski definition) is 0. The second-order valence-corrected chi connectivity index (χ2v) is 15.3. The van der Waals surface area contributed by atoms with Crippen molar-refractivity contribution in [2.24, 2.45) is 0 Å². The lowest BCUT2D eigenvalue weighted by atomic mass is 9.93. The van der Waals surface area contributed by atoms with Crippen molar-refractivity contribution >= 4 is 11.8 Å². The minimum atomic E-state index is -0.505. The van der Waals surface area contributed by atoms with Crippen LogP contribution in [0.2, 0.25) is 0 Å². The molecule has 8 heteroatoms. The van der Waals surface area contributed by atoms with Gasteiger partial charge in [-0.05, 0) is 48.2 Å². The van der Waals surface area contributed by atoms with E-state index >= 15 is 0 Å². The Balaban J connectivity index is 1.28. The Kier molecular flexibility index (Phi) is 17.1. The van der Waals surface area contributed by atoms with E-state index in [2.05, 4.69) is 13.8 Å². The maximum Gasteiger partial charge on any atom is 0.246 e. The van der Waals surface area contributed by atoms with Crippen LogP contribution in [0.1, 0.15) is 128 Å². The van der Waals surface area contributed by atoms with Gasteiger partial charge in [-0.1, -0.05) is 128 Å². The van der Waals surface area contributed by atoms with E-state index < -0.39 is 12.1 Å². The molecule has 5 rings (SSSR count). The highest BCUT2D eigenvalue weighted by atomic mass is 16.6. The van der Waals surface area contributed by atoms with Crippen LogP contribution in [0.3, 0.4) is 0 Å². The second-order valence-electron chi connectivity index (χ2n) is 15.3. The van der Waals surface area contributed by atoms with E-state index in [0.717, 1.165) is 61.5 Å². The molecule has 2 unspecified atom stereocenters. The number of rotatable bonds is 28. The minimum Gasteiger partial charge on any atom is -0.491 e. The molecule has 3 heterocycles. The Labute approximate surface area is 313 Å². The van der Waals surface area contributed by atoms with E-state index in [1.165, 1.54) is 77.0 Å². The number of ether oxygens (including phenoxy) is 4. The Bertz CT molecular complexity index is 1210. The first-order valence-electron chi connectivity index (χ1n) is 20.8. The standard InChI is InChI=1S/C44H66N2O6/c1-3-5-7-9-11-13-15-17-27-45-41(29-35-19-23-37(24-20-35)49-31-39-33-51-39)44(48)46(28-18-16-14-12-10-8-6-4-2)42(43(45)47)30-36-21-25-38(26-22-36)50-32-40-34-52-40/h19-26,39-42H,3-18,27-34H2,1-2H3/t39?,40?,41-,42+. The van der Waals surface area contributed by atoms with Crippen LogP contribution in [-0.4, -0.2) is 85.4 Å². The number of unbranched alkanes of at least 4 members (excludes halogenated alkanes) is 14. The third-order valence-corrected chi connectivity index (χ3v) is 10.8. The first-order chi connectivity index (χ1) is 25.6. The topological polar surface area (TPSA) is 84.1 Å². The van der Waals surface area contributed by atoms with Crippen molar-refractivity contribution in [3.63, 3.8) is 0 Å². The monoisotopic (exact) mass is 718 g/mol. The molecule has 3 saturated heterocycles. The number of piperazine rings is 1. The smallest absolute Gasteiger partial charge is 0.246 e. The maximum atomic E-state index is 14.7. The molecule has 0 radical (unpaired) electrons. The minimum absolute atomic E-state index is 0.0858. The molecule has 0 N–H and O–H groups in total. The van der Waals surface area contributed by atoms with Crippen molar-refractivity contribution in [1.29, 1.82) is 0 Å². The number of amides is 2. The molecule has 3 fully saturated rings.